The van der Waals surface area contributed by atoms with Crippen LogP contribution in [0.25, 0.3) is 0 Å². The third kappa shape index (κ3) is 2.05. The molecule has 2 aromatic heterocycles. The second-order valence-corrected chi connectivity index (χ2v) is 4.50. The zero-order valence-corrected chi connectivity index (χ0v) is 9.32. The van der Waals surface area contributed by atoms with Gasteiger partial charge in [-0.1, -0.05) is 0 Å². The monoisotopic (exact) mass is 226 g/mol. The van der Waals surface area contributed by atoms with Gasteiger partial charge in [0.15, 0.2) is 5.13 Å². The SMILES string of the molecule is COc1ccsc1CNc1nccs1. The summed E-state index contributed by atoms with van der Waals surface area (Å²) in [6.07, 6.45) is 1.79. The molecular formula is C9H10N2OS2. The Morgan fingerprint density at radius 3 is 3.07 bits per heavy atom. The Balaban J connectivity index is 1.98. The number of anilines is 1. The summed E-state index contributed by atoms with van der Waals surface area (Å²) in [5.74, 6) is 0.944. The topological polar surface area (TPSA) is 34.1 Å². The van der Waals surface area contributed by atoms with Crippen molar-refractivity contribution in [3.8, 4) is 5.75 Å². The standard InChI is InChI=1S/C9H10N2OS2/c1-12-7-2-4-13-8(7)6-11-9-10-3-5-14-9/h2-5H,6H2,1H3,(H,10,11). The van der Waals surface area contributed by atoms with E-state index in [1.165, 1.54) is 4.88 Å². The quantitative estimate of drug-likeness (QED) is 0.870. The molecule has 0 aliphatic rings. The Hall–Kier alpha value is -1.07. The van der Waals surface area contributed by atoms with Gasteiger partial charge in [0, 0.05) is 11.6 Å². The van der Waals surface area contributed by atoms with Crippen molar-refractivity contribution in [3.63, 3.8) is 0 Å². The zero-order valence-electron chi connectivity index (χ0n) is 7.69. The molecule has 3 nitrogen and oxygen atoms in total. The summed E-state index contributed by atoms with van der Waals surface area (Å²) >= 11 is 3.29. The highest BCUT2D eigenvalue weighted by atomic mass is 32.1. The first-order valence-electron chi connectivity index (χ1n) is 4.14. The van der Waals surface area contributed by atoms with Crippen LogP contribution in [0.5, 0.6) is 5.75 Å². The maximum atomic E-state index is 5.21. The van der Waals surface area contributed by atoms with Crippen LogP contribution in [-0.2, 0) is 6.54 Å². The van der Waals surface area contributed by atoms with Crippen LogP contribution < -0.4 is 10.1 Å². The zero-order chi connectivity index (χ0) is 9.80. The number of methoxy groups -OCH3 is 1. The fourth-order valence-corrected chi connectivity index (χ4v) is 2.41. The van der Waals surface area contributed by atoms with Gasteiger partial charge in [-0.15, -0.1) is 22.7 Å². The first kappa shape index (κ1) is 9.48. The van der Waals surface area contributed by atoms with E-state index in [0.717, 1.165) is 17.4 Å². The van der Waals surface area contributed by atoms with E-state index in [2.05, 4.69) is 10.3 Å². The van der Waals surface area contributed by atoms with Crippen molar-refractivity contribution in [2.75, 3.05) is 12.4 Å². The molecule has 1 N–H and O–H groups in total. The minimum absolute atomic E-state index is 0.772. The molecule has 0 aliphatic carbocycles. The van der Waals surface area contributed by atoms with Gasteiger partial charge in [-0.25, -0.2) is 4.98 Å². The van der Waals surface area contributed by atoms with Crippen molar-refractivity contribution in [2.24, 2.45) is 0 Å². The van der Waals surface area contributed by atoms with Gasteiger partial charge >= 0.3 is 0 Å². The molecule has 5 heteroatoms. The maximum Gasteiger partial charge on any atom is 0.182 e. The van der Waals surface area contributed by atoms with Gasteiger partial charge < -0.3 is 10.1 Å². The van der Waals surface area contributed by atoms with Crippen LogP contribution in [0.2, 0.25) is 0 Å². The van der Waals surface area contributed by atoms with Crippen LogP contribution in [0, 0.1) is 0 Å². The van der Waals surface area contributed by atoms with Crippen molar-refractivity contribution in [3.05, 3.63) is 27.9 Å². The molecule has 0 atom stereocenters. The van der Waals surface area contributed by atoms with Crippen molar-refractivity contribution < 1.29 is 4.74 Å². The van der Waals surface area contributed by atoms with Crippen molar-refractivity contribution in [1.82, 2.24) is 4.98 Å². The summed E-state index contributed by atoms with van der Waals surface area (Å²) in [6.45, 7) is 0.772. The lowest BCUT2D eigenvalue weighted by molar-refractivity contribution is 0.413. The molecule has 0 saturated heterocycles. The lowest BCUT2D eigenvalue weighted by Crippen LogP contribution is -1.98. The van der Waals surface area contributed by atoms with Gasteiger partial charge in [-0.2, -0.15) is 0 Å². The average Bonchev–Trinajstić information content (AvgIpc) is 2.85. The number of ether oxygens (including phenoxy) is 1. The molecule has 0 fully saturated rings. The summed E-state index contributed by atoms with van der Waals surface area (Å²) in [5.41, 5.74) is 0. The Morgan fingerprint density at radius 2 is 2.36 bits per heavy atom. The van der Waals surface area contributed by atoms with E-state index in [1.54, 1.807) is 36.0 Å². The molecule has 14 heavy (non-hydrogen) atoms. The normalized spacial score (nSPS) is 10.1. The van der Waals surface area contributed by atoms with E-state index in [9.17, 15) is 0 Å². The van der Waals surface area contributed by atoms with Crippen LogP contribution in [0.15, 0.2) is 23.0 Å². The molecule has 2 rings (SSSR count). The molecule has 0 bridgehead atoms. The van der Waals surface area contributed by atoms with Crippen LogP contribution >= 0.6 is 22.7 Å². The molecule has 0 saturated carbocycles. The third-order valence-corrected chi connectivity index (χ3v) is 3.39. The van der Waals surface area contributed by atoms with Gasteiger partial charge in [0.05, 0.1) is 18.5 Å². The Morgan fingerprint density at radius 1 is 1.43 bits per heavy atom. The number of hydrogen-bond acceptors (Lipinski definition) is 5. The predicted molar refractivity (Wildman–Crippen MR) is 60.3 cm³/mol. The maximum absolute atomic E-state index is 5.21. The lowest BCUT2D eigenvalue weighted by atomic mass is 10.4. The number of thiazole rings is 1. The fraction of sp³-hybridized carbons (Fsp3) is 0.222. The lowest BCUT2D eigenvalue weighted by Gasteiger charge is -2.02. The molecule has 0 aliphatic heterocycles. The van der Waals surface area contributed by atoms with Gasteiger partial charge in [-0.05, 0) is 11.4 Å². The number of nitrogens with one attached hydrogen (secondary N) is 1. The minimum Gasteiger partial charge on any atom is -0.496 e. The summed E-state index contributed by atoms with van der Waals surface area (Å²) in [5, 5.41) is 8.16. The molecule has 2 heterocycles. The summed E-state index contributed by atoms with van der Waals surface area (Å²) in [4.78, 5) is 5.34. The minimum atomic E-state index is 0.772. The second-order valence-electron chi connectivity index (χ2n) is 2.60. The van der Waals surface area contributed by atoms with E-state index in [1.807, 2.05) is 16.8 Å². The van der Waals surface area contributed by atoms with Crippen LogP contribution in [0.4, 0.5) is 5.13 Å². The molecule has 0 spiro atoms. The molecule has 74 valence electrons. The first-order chi connectivity index (χ1) is 6.90. The van der Waals surface area contributed by atoms with Gasteiger partial charge in [0.2, 0.25) is 0 Å². The highest BCUT2D eigenvalue weighted by molar-refractivity contribution is 7.13. The molecular weight excluding hydrogens is 216 g/mol. The smallest absolute Gasteiger partial charge is 0.182 e. The van der Waals surface area contributed by atoms with E-state index in [4.69, 9.17) is 4.74 Å². The predicted octanol–water partition coefficient (Wildman–Crippen LogP) is 2.83. The van der Waals surface area contributed by atoms with E-state index in [-0.39, 0.29) is 0 Å². The van der Waals surface area contributed by atoms with Crippen molar-refractivity contribution in [2.45, 2.75) is 6.54 Å². The number of nitrogens with zero attached hydrogens (tertiary/aromatic N) is 1. The largest absolute Gasteiger partial charge is 0.496 e. The molecule has 0 unspecified atom stereocenters. The van der Waals surface area contributed by atoms with Gasteiger partial charge in [-0.3, -0.25) is 0 Å². The van der Waals surface area contributed by atoms with Crippen LogP contribution in [0.3, 0.4) is 0 Å². The summed E-state index contributed by atoms with van der Waals surface area (Å²) in [7, 11) is 1.69. The van der Waals surface area contributed by atoms with Gasteiger partial charge in [0.1, 0.15) is 5.75 Å². The molecule has 0 aromatic carbocycles. The molecule has 2 aromatic rings. The van der Waals surface area contributed by atoms with Crippen molar-refractivity contribution in [1.29, 1.82) is 0 Å². The van der Waals surface area contributed by atoms with Crippen molar-refractivity contribution >= 4 is 27.8 Å². The van der Waals surface area contributed by atoms with E-state index < -0.39 is 0 Å². The number of hydrogen-bond donors (Lipinski definition) is 1. The summed E-state index contributed by atoms with van der Waals surface area (Å²) in [6, 6.07) is 1.98. The Labute approximate surface area is 90.4 Å². The first-order valence-corrected chi connectivity index (χ1v) is 5.90. The second kappa shape index (κ2) is 4.43. The number of rotatable bonds is 4. The molecule has 0 amide bonds. The highest BCUT2D eigenvalue weighted by Crippen LogP contribution is 2.25. The summed E-state index contributed by atoms with van der Waals surface area (Å²) < 4.78 is 5.21. The van der Waals surface area contributed by atoms with E-state index in [0.29, 0.717) is 0 Å². The van der Waals surface area contributed by atoms with E-state index >= 15 is 0 Å². The number of thiophene rings is 1. The van der Waals surface area contributed by atoms with Crippen LogP contribution in [-0.4, -0.2) is 12.1 Å². The number of aromatic nitrogens is 1. The highest BCUT2D eigenvalue weighted by Gasteiger charge is 2.04. The fourth-order valence-electron chi connectivity index (χ4n) is 1.11. The van der Waals surface area contributed by atoms with Gasteiger partial charge in [0.25, 0.3) is 0 Å². The van der Waals surface area contributed by atoms with Crippen LogP contribution in [0.1, 0.15) is 4.88 Å². The Kier molecular flexibility index (Phi) is 3.00. The molecule has 0 radical (unpaired) electrons. The Bertz CT molecular complexity index is 383. The third-order valence-electron chi connectivity index (χ3n) is 1.76. The average molecular weight is 226 g/mol.